The van der Waals surface area contributed by atoms with Gasteiger partial charge in [0, 0.05) is 0 Å². The Labute approximate surface area is 99.2 Å². The highest BCUT2D eigenvalue weighted by molar-refractivity contribution is 6.16. The SMILES string of the molecule is CC(C)(C)OC(=O)Nc1cnc(CCl)cn1. The summed E-state index contributed by atoms with van der Waals surface area (Å²) in [5.41, 5.74) is 0.115. The first-order valence-corrected chi connectivity index (χ1v) is 5.31. The summed E-state index contributed by atoms with van der Waals surface area (Å²) in [6.07, 6.45) is 2.38. The molecular formula is C10H14ClN3O2. The number of alkyl halides is 1. The molecule has 0 aliphatic carbocycles. The van der Waals surface area contributed by atoms with Crippen molar-refractivity contribution in [1.29, 1.82) is 0 Å². The Morgan fingerprint density at radius 2 is 2.12 bits per heavy atom. The standard InChI is InChI=1S/C10H14ClN3O2/c1-10(2,3)16-9(15)14-8-6-12-7(4-11)5-13-8/h5-6H,4H2,1-3H3,(H,13,14,15). The molecule has 5 nitrogen and oxygen atoms in total. The van der Waals surface area contributed by atoms with E-state index in [9.17, 15) is 4.79 Å². The van der Waals surface area contributed by atoms with Crippen molar-refractivity contribution in [3.05, 3.63) is 18.1 Å². The molecule has 0 radical (unpaired) electrons. The van der Waals surface area contributed by atoms with E-state index in [2.05, 4.69) is 15.3 Å². The van der Waals surface area contributed by atoms with Crippen LogP contribution in [0.25, 0.3) is 0 Å². The summed E-state index contributed by atoms with van der Waals surface area (Å²) in [6, 6.07) is 0. The van der Waals surface area contributed by atoms with Crippen LogP contribution in [0.1, 0.15) is 26.5 Å². The van der Waals surface area contributed by atoms with Crippen LogP contribution in [0.4, 0.5) is 10.6 Å². The third-order valence-electron chi connectivity index (χ3n) is 1.47. The van der Waals surface area contributed by atoms with E-state index in [-0.39, 0.29) is 0 Å². The van der Waals surface area contributed by atoms with E-state index in [1.807, 2.05) is 0 Å². The molecule has 0 unspecified atom stereocenters. The summed E-state index contributed by atoms with van der Waals surface area (Å²) in [7, 11) is 0. The smallest absolute Gasteiger partial charge is 0.413 e. The largest absolute Gasteiger partial charge is 0.444 e. The van der Waals surface area contributed by atoms with Crippen LogP contribution < -0.4 is 5.32 Å². The number of aromatic nitrogens is 2. The number of nitrogens with zero attached hydrogens (tertiary/aromatic N) is 2. The first-order valence-electron chi connectivity index (χ1n) is 4.77. The normalized spacial score (nSPS) is 11.0. The lowest BCUT2D eigenvalue weighted by Gasteiger charge is -2.19. The van der Waals surface area contributed by atoms with Gasteiger partial charge in [0.05, 0.1) is 24.0 Å². The monoisotopic (exact) mass is 243 g/mol. The summed E-state index contributed by atoms with van der Waals surface area (Å²) < 4.78 is 5.05. The number of amides is 1. The maximum absolute atomic E-state index is 11.4. The Hall–Kier alpha value is -1.36. The molecule has 0 aliphatic heterocycles. The van der Waals surface area contributed by atoms with Crippen LogP contribution in [0.5, 0.6) is 0 Å². The van der Waals surface area contributed by atoms with E-state index < -0.39 is 11.7 Å². The number of anilines is 1. The fraction of sp³-hybridized carbons (Fsp3) is 0.500. The minimum absolute atomic E-state index is 0.291. The first kappa shape index (κ1) is 12.7. The number of ether oxygens (including phenoxy) is 1. The molecular weight excluding hydrogens is 230 g/mol. The van der Waals surface area contributed by atoms with Crippen molar-refractivity contribution < 1.29 is 9.53 Å². The summed E-state index contributed by atoms with van der Waals surface area (Å²) in [6.45, 7) is 5.36. The summed E-state index contributed by atoms with van der Waals surface area (Å²) in [5, 5.41) is 2.47. The van der Waals surface area contributed by atoms with Gasteiger partial charge < -0.3 is 4.74 Å². The lowest BCUT2D eigenvalue weighted by atomic mass is 10.2. The minimum Gasteiger partial charge on any atom is -0.444 e. The van der Waals surface area contributed by atoms with Gasteiger partial charge in [-0.15, -0.1) is 11.6 Å². The number of carbonyl (C=O) groups is 1. The van der Waals surface area contributed by atoms with Gasteiger partial charge >= 0.3 is 6.09 Å². The fourth-order valence-electron chi connectivity index (χ4n) is 0.897. The molecule has 0 atom stereocenters. The number of halogens is 1. The molecule has 1 N–H and O–H groups in total. The predicted octanol–water partition coefficient (Wildman–Crippen LogP) is 2.56. The first-order chi connectivity index (χ1) is 7.40. The molecule has 1 aromatic rings. The van der Waals surface area contributed by atoms with Gasteiger partial charge in [-0.05, 0) is 20.8 Å². The van der Waals surface area contributed by atoms with Crippen LogP contribution >= 0.6 is 11.6 Å². The number of nitrogens with one attached hydrogen (secondary N) is 1. The molecule has 16 heavy (non-hydrogen) atoms. The van der Waals surface area contributed by atoms with Crippen LogP contribution in [-0.2, 0) is 10.6 Å². The van der Waals surface area contributed by atoms with Gasteiger partial charge in [0.2, 0.25) is 0 Å². The van der Waals surface area contributed by atoms with Crippen LogP contribution in [0.2, 0.25) is 0 Å². The Bertz CT molecular complexity index is 359. The van der Waals surface area contributed by atoms with Crippen molar-refractivity contribution in [2.24, 2.45) is 0 Å². The van der Waals surface area contributed by atoms with Crippen molar-refractivity contribution >= 4 is 23.5 Å². The third-order valence-corrected chi connectivity index (χ3v) is 1.75. The highest BCUT2D eigenvalue weighted by atomic mass is 35.5. The molecule has 1 aromatic heterocycles. The number of hydrogen-bond acceptors (Lipinski definition) is 4. The minimum atomic E-state index is -0.555. The highest BCUT2D eigenvalue weighted by Crippen LogP contribution is 2.09. The molecule has 0 saturated heterocycles. The van der Waals surface area contributed by atoms with Gasteiger partial charge in [-0.1, -0.05) is 0 Å². The highest BCUT2D eigenvalue weighted by Gasteiger charge is 2.16. The van der Waals surface area contributed by atoms with Gasteiger partial charge in [0.15, 0.2) is 5.82 Å². The molecule has 0 bridgehead atoms. The lowest BCUT2D eigenvalue weighted by Crippen LogP contribution is -2.27. The number of carbonyl (C=O) groups excluding carboxylic acids is 1. The average Bonchev–Trinajstić information content (AvgIpc) is 2.16. The van der Waals surface area contributed by atoms with Crippen LogP contribution in [0.3, 0.4) is 0 Å². The topological polar surface area (TPSA) is 64.1 Å². The second-order valence-electron chi connectivity index (χ2n) is 4.15. The van der Waals surface area contributed by atoms with Gasteiger partial charge in [-0.3, -0.25) is 10.3 Å². The molecule has 0 fully saturated rings. The molecule has 0 aromatic carbocycles. The molecule has 6 heteroatoms. The van der Waals surface area contributed by atoms with Gasteiger partial charge in [-0.25, -0.2) is 9.78 Å². The maximum atomic E-state index is 11.4. The van der Waals surface area contributed by atoms with Crippen molar-refractivity contribution in [2.45, 2.75) is 32.3 Å². The zero-order valence-corrected chi connectivity index (χ0v) is 10.2. The van der Waals surface area contributed by atoms with Gasteiger partial charge in [0.25, 0.3) is 0 Å². The summed E-state index contributed by atoms with van der Waals surface area (Å²) >= 11 is 5.56. The number of hydrogen-bond donors (Lipinski definition) is 1. The van der Waals surface area contributed by atoms with Crippen molar-refractivity contribution in [2.75, 3.05) is 5.32 Å². The maximum Gasteiger partial charge on any atom is 0.413 e. The second-order valence-corrected chi connectivity index (χ2v) is 4.42. The van der Waals surface area contributed by atoms with E-state index in [4.69, 9.17) is 16.3 Å². The average molecular weight is 244 g/mol. The summed E-state index contributed by atoms with van der Waals surface area (Å²) in [5.74, 6) is 0.628. The van der Waals surface area contributed by atoms with Crippen molar-refractivity contribution in [3.8, 4) is 0 Å². The zero-order chi connectivity index (χ0) is 12.2. The van der Waals surface area contributed by atoms with Gasteiger partial charge in [-0.2, -0.15) is 0 Å². The van der Waals surface area contributed by atoms with E-state index in [0.717, 1.165) is 0 Å². The van der Waals surface area contributed by atoms with E-state index in [1.54, 1.807) is 20.8 Å². The third kappa shape index (κ3) is 4.44. The molecule has 1 heterocycles. The van der Waals surface area contributed by atoms with Crippen LogP contribution in [0.15, 0.2) is 12.4 Å². The van der Waals surface area contributed by atoms with Crippen LogP contribution in [-0.4, -0.2) is 21.7 Å². The van der Waals surface area contributed by atoms with Crippen molar-refractivity contribution in [3.63, 3.8) is 0 Å². The second kappa shape index (κ2) is 5.12. The van der Waals surface area contributed by atoms with Crippen molar-refractivity contribution in [1.82, 2.24) is 9.97 Å². The van der Waals surface area contributed by atoms with E-state index in [1.165, 1.54) is 12.4 Å². The predicted molar refractivity (Wildman–Crippen MR) is 61.4 cm³/mol. The Kier molecular flexibility index (Phi) is 4.06. The Morgan fingerprint density at radius 3 is 2.56 bits per heavy atom. The molecule has 1 rings (SSSR count). The molecule has 0 aliphatic rings. The molecule has 88 valence electrons. The molecule has 1 amide bonds. The van der Waals surface area contributed by atoms with E-state index >= 15 is 0 Å². The lowest BCUT2D eigenvalue weighted by molar-refractivity contribution is 0.0635. The quantitative estimate of drug-likeness (QED) is 0.811. The summed E-state index contributed by atoms with van der Waals surface area (Å²) in [4.78, 5) is 19.3. The number of rotatable bonds is 2. The molecule has 0 saturated carbocycles. The van der Waals surface area contributed by atoms with E-state index in [0.29, 0.717) is 17.4 Å². The zero-order valence-electron chi connectivity index (χ0n) is 9.45. The fourth-order valence-corrected chi connectivity index (χ4v) is 1.03. The van der Waals surface area contributed by atoms with Crippen LogP contribution in [0, 0.1) is 0 Å². The molecule has 0 spiro atoms. The van der Waals surface area contributed by atoms with Gasteiger partial charge in [0.1, 0.15) is 5.60 Å². The Balaban J connectivity index is 2.56. The Morgan fingerprint density at radius 1 is 1.44 bits per heavy atom.